The predicted molar refractivity (Wildman–Crippen MR) is 83.9 cm³/mol. The second kappa shape index (κ2) is 6.07. The number of aromatic amines is 1. The first kappa shape index (κ1) is 14.4. The van der Waals surface area contributed by atoms with E-state index >= 15 is 0 Å². The van der Waals surface area contributed by atoms with Gasteiger partial charge < -0.3 is 5.32 Å². The van der Waals surface area contributed by atoms with E-state index in [4.69, 9.17) is 0 Å². The lowest BCUT2D eigenvalue weighted by atomic mass is 10.1. The van der Waals surface area contributed by atoms with E-state index in [0.29, 0.717) is 16.0 Å². The molecule has 0 unspecified atom stereocenters. The number of amides is 1. The van der Waals surface area contributed by atoms with Gasteiger partial charge in [0.15, 0.2) is 5.82 Å². The highest BCUT2D eigenvalue weighted by Gasteiger charge is 2.13. The second-order valence-corrected chi connectivity index (χ2v) is 5.41. The van der Waals surface area contributed by atoms with Gasteiger partial charge in [-0.2, -0.15) is 5.10 Å². The fraction of sp³-hybridized carbons (Fsp3) is 0. The molecule has 0 atom stereocenters. The number of nitrogens with zero attached hydrogens (tertiary/aromatic N) is 2. The maximum absolute atomic E-state index is 13.7. The molecule has 1 aromatic heterocycles. The number of H-pyrrole nitrogens is 1. The third-order valence-electron chi connectivity index (χ3n) is 2.98. The first-order chi connectivity index (χ1) is 10.6. The Morgan fingerprint density at radius 3 is 2.86 bits per heavy atom. The van der Waals surface area contributed by atoms with E-state index in [1.807, 2.05) is 6.07 Å². The predicted octanol–water partition coefficient (Wildman–Crippen LogP) is 3.63. The molecule has 1 heterocycles. The average Bonchev–Trinajstić information content (AvgIpc) is 3.04. The Morgan fingerprint density at radius 2 is 2.09 bits per heavy atom. The van der Waals surface area contributed by atoms with Crippen LogP contribution >= 0.6 is 15.9 Å². The minimum absolute atomic E-state index is 0.0283. The van der Waals surface area contributed by atoms with Gasteiger partial charge in [-0.15, -0.1) is 0 Å². The molecule has 5 nitrogen and oxygen atoms in total. The number of halogens is 2. The number of hydrogen-bond donors (Lipinski definition) is 2. The Hall–Kier alpha value is -2.54. The summed E-state index contributed by atoms with van der Waals surface area (Å²) in [5.74, 6) is -0.509. The SMILES string of the molecule is O=C(Nc1cccc(-c2ncn[nH]2)c1)c1cc(Br)ccc1F. The highest BCUT2D eigenvalue weighted by atomic mass is 79.9. The van der Waals surface area contributed by atoms with Crippen LogP contribution in [0.15, 0.2) is 53.3 Å². The van der Waals surface area contributed by atoms with Gasteiger partial charge in [0.2, 0.25) is 0 Å². The van der Waals surface area contributed by atoms with Crippen molar-refractivity contribution in [1.29, 1.82) is 0 Å². The summed E-state index contributed by atoms with van der Waals surface area (Å²) in [6.07, 6.45) is 1.40. The Kier molecular flexibility index (Phi) is 3.97. The smallest absolute Gasteiger partial charge is 0.258 e. The van der Waals surface area contributed by atoms with Crippen molar-refractivity contribution in [2.75, 3.05) is 5.32 Å². The summed E-state index contributed by atoms with van der Waals surface area (Å²) >= 11 is 3.22. The standard InChI is InChI=1S/C15H10BrFN4O/c16-10-4-5-13(17)12(7-10)15(22)20-11-3-1-2-9(6-11)14-18-8-19-21-14/h1-8H,(H,20,22)(H,18,19,21). The van der Waals surface area contributed by atoms with Gasteiger partial charge in [-0.25, -0.2) is 9.37 Å². The van der Waals surface area contributed by atoms with Gasteiger partial charge in [0.1, 0.15) is 12.1 Å². The van der Waals surface area contributed by atoms with Crippen molar-refractivity contribution in [3.63, 3.8) is 0 Å². The van der Waals surface area contributed by atoms with Crippen molar-refractivity contribution in [2.45, 2.75) is 0 Å². The average molecular weight is 361 g/mol. The third kappa shape index (κ3) is 3.04. The molecule has 0 bridgehead atoms. The van der Waals surface area contributed by atoms with Gasteiger partial charge in [0, 0.05) is 15.7 Å². The monoisotopic (exact) mass is 360 g/mol. The minimum atomic E-state index is -0.577. The number of benzene rings is 2. The fourth-order valence-electron chi connectivity index (χ4n) is 1.96. The Labute approximate surface area is 133 Å². The number of aromatic nitrogens is 3. The maximum atomic E-state index is 13.7. The molecule has 22 heavy (non-hydrogen) atoms. The summed E-state index contributed by atoms with van der Waals surface area (Å²) < 4.78 is 14.4. The van der Waals surface area contributed by atoms with E-state index in [2.05, 4.69) is 36.4 Å². The highest BCUT2D eigenvalue weighted by Crippen LogP contribution is 2.21. The molecule has 2 aromatic carbocycles. The first-order valence-corrected chi connectivity index (χ1v) is 7.15. The molecule has 0 saturated heterocycles. The minimum Gasteiger partial charge on any atom is -0.322 e. The highest BCUT2D eigenvalue weighted by molar-refractivity contribution is 9.10. The quantitative estimate of drug-likeness (QED) is 0.749. The molecule has 1 amide bonds. The van der Waals surface area contributed by atoms with Gasteiger partial charge >= 0.3 is 0 Å². The van der Waals surface area contributed by atoms with Crippen molar-refractivity contribution >= 4 is 27.5 Å². The van der Waals surface area contributed by atoms with Crippen molar-refractivity contribution < 1.29 is 9.18 Å². The van der Waals surface area contributed by atoms with Gasteiger partial charge in [-0.3, -0.25) is 9.89 Å². The van der Waals surface area contributed by atoms with Crippen LogP contribution in [0.3, 0.4) is 0 Å². The molecule has 0 aliphatic carbocycles. The number of carbonyl (C=O) groups excluding carboxylic acids is 1. The van der Waals surface area contributed by atoms with E-state index in [1.54, 1.807) is 18.2 Å². The summed E-state index contributed by atoms with van der Waals surface area (Å²) in [4.78, 5) is 16.2. The summed E-state index contributed by atoms with van der Waals surface area (Å²) in [5.41, 5.74) is 1.28. The summed E-state index contributed by atoms with van der Waals surface area (Å²) in [6, 6.07) is 11.3. The molecule has 0 saturated carbocycles. The molecular formula is C15H10BrFN4O. The molecule has 0 fully saturated rings. The Morgan fingerprint density at radius 1 is 1.23 bits per heavy atom. The number of nitrogens with one attached hydrogen (secondary N) is 2. The molecule has 2 N–H and O–H groups in total. The van der Waals surface area contributed by atoms with Crippen LogP contribution in [0, 0.1) is 5.82 Å². The Balaban J connectivity index is 1.85. The van der Waals surface area contributed by atoms with Crippen LogP contribution in [0.25, 0.3) is 11.4 Å². The number of carbonyl (C=O) groups is 1. The molecular weight excluding hydrogens is 351 g/mol. The lowest BCUT2D eigenvalue weighted by molar-refractivity contribution is 0.102. The third-order valence-corrected chi connectivity index (χ3v) is 3.48. The van der Waals surface area contributed by atoms with E-state index in [9.17, 15) is 9.18 Å². The van der Waals surface area contributed by atoms with Crippen LogP contribution in [-0.4, -0.2) is 21.1 Å². The maximum Gasteiger partial charge on any atom is 0.258 e. The van der Waals surface area contributed by atoms with Crippen LogP contribution in [0.5, 0.6) is 0 Å². The lowest BCUT2D eigenvalue weighted by Crippen LogP contribution is -2.13. The van der Waals surface area contributed by atoms with Crippen molar-refractivity contribution in [2.24, 2.45) is 0 Å². The van der Waals surface area contributed by atoms with Gasteiger partial charge in [0.05, 0.1) is 5.56 Å². The fourth-order valence-corrected chi connectivity index (χ4v) is 2.32. The zero-order valence-corrected chi connectivity index (χ0v) is 12.8. The van der Waals surface area contributed by atoms with Crippen LogP contribution < -0.4 is 5.32 Å². The summed E-state index contributed by atoms with van der Waals surface area (Å²) in [5, 5.41) is 9.19. The van der Waals surface area contributed by atoms with Crippen LogP contribution in [-0.2, 0) is 0 Å². The number of rotatable bonds is 3. The van der Waals surface area contributed by atoms with Gasteiger partial charge in [0.25, 0.3) is 5.91 Å². The van der Waals surface area contributed by atoms with Crippen molar-refractivity contribution in [3.8, 4) is 11.4 Å². The molecule has 0 radical (unpaired) electrons. The summed E-state index contributed by atoms with van der Waals surface area (Å²) in [6.45, 7) is 0. The molecule has 0 aliphatic rings. The normalized spacial score (nSPS) is 10.5. The second-order valence-electron chi connectivity index (χ2n) is 4.49. The molecule has 0 aliphatic heterocycles. The van der Waals surface area contributed by atoms with Crippen molar-refractivity contribution in [3.05, 3.63) is 64.6 Å². The largest absolute Gasteiger partial charge is 0.322 e. The van der Waals surface area contributed by atoms with E-state index in [1.165, 1.54) is 24.5 Å². The molecule has 3 aromatic rings. The molecule has 3 rings (SSSR count). The van der Waals surface area contributed by atoms with Crippen LogP contribution in [0.2, 0.25) is 0 Å². The van der Waals surface area contributed by atoms with Gasteiger partial charge in [-0.1, -0.05) is 28.1 Å². The number of anilines is 1. The summed E-state index contributed by atoms with van der Waals surface area (Å²) in [7, 11) is 0. The van der Waals surface area contributed by atoms with E-state index in [-0.39, 0.29) is 5.56 Å². The first-order valence-electron chi connectivity index (χ1n) is 6.36. The molecule has 0 spiro atoms. The van der Waals surface area contributed by atoms with Gasteiger partial charge in [-0.05, 0) is 30.3 Å². The van der Waals surface area contributed by atoms with Crippen LogP contribution in [0.1, 0.15) is 10.4 Å². The van der Waals surface area contributed by atoms with Crippen LogP contribution in [0.4, 0.5) is 10.1 Å². The Bertz CT molecular complexity index is 820. The molecule has 110 valence electrons. The zero-order valence-electron chi connectivity index (χ0n) is 11.2. The molecule has 7 heteroatoms. The van der Waals surface area contributed by atoms with E-state index in [0.717, 1.165) is 5.56 Å². The topological polar surface area (TPSA) is 70.7 Å². The van der Waals surface area contributed by atoms with Crippen molar-refractivity contribution in [1.82, 2.24) is 15.2 Å². The zero-order chi connectivity index (χ0) is 15.5. The van der Waals surface area contributed by atoms with E-state index < -0.39 is 11.7 Å². The number of hydrogen-bond acceptors (Lipinski definition) is 3. The lowest BCUT2D eigenvalue weighted by Gasteiger charge is -2.07.